The summed E-state index contributed by atoms with van der Waals surface area (Å²) < 4.78 is 5.79. The highest BCUT2D eigenvalue weighted by molar-refractivity contribution is 5.88. The Morgan fingerprint density at radius 1 is 1.14 bits per heavy atom. The van der Waals surface area contributed by atoms with Crippen molar-refractivity contribution in [2.24, 2.45) is 0 Å². The number of anilines is 2. The average molecular weight is 391 g/mol. The minimum absolute atomic E-state index is 0.113. The van der Waals surface area contributed by atoms with Crippen LogP contribution in [0.3, 0.4) is 0 Å². The Labute approximate surface area is 169 Å². The highest BCUT2D eigenvalue weighted by atomic mass is 16.5. The van der Waals surface area contributed by atoms with Crippen molar-refractivity contribution >= 4 is 22.7 Å². The van der Waals surface area contributed by atoms with Crippen LogP contribution in [0.15, 0.2) is 36.8 Å². The van der Waals surface area contributed by atoms with Gasteiger partial charge in [0, 0.05) is 56.9 Å². The van der Waals surface area contributed by atoms with Crippen molar-refractivity contribution in [2.45, 2.75) is 18.9 Å². The fourth-order valence-corrected chi connectivity index (χ4v) is 3.88. The molecule has 29 heavy (non-hydrogen) atoms. The highest BCUT2D eigenvalue weighted by Crippen LogP contribution is 2.27. The summed E-state index contributed by atoms with van der Waals surface area (Å²) in [6, 6.07) is 6.14. The molecule has 3 aromatic heterocycles. The van der Waals surface area contributed by atoms with E-state index < -0.39 is 0 Å². The molecule has 0 aromatic carbocycles. The van der Waals surface area contributed by atoms with E-state index in [1.807, 2.05) is 12.3 Å². The number of aromatic nitrogens is 4. The SMILES string of the molecule is c1cnc2c(NCC3CNCCO3)nc(-c3ccc(N4CCCC4)nc3)cc2n1. The zero-order valence-corrected chi connectivity index (χ0v) is 16.3. The molecule has 2 N–H and O–H groups in total. The lowest BCUT2D eigenvalue weighted by Crippen LogP contribution is -2.42. The molecule has 5 rings (SSSR count). The Hall–Kier alpha value is -2.84. The lowest BCUT2D eigenvalue weighted by molar-refractivity contribution is 0.0372. The van der Waals surface area contributed by atoms with Gasteiger partial charge in [0.05, 0.1) is 23.9 Å². The zero-order valence-electron chi connectivity index (χ0n) is 16.3. The molecule has 3 aromatic rings. The van der Waals surface area contributed by atoms with E-state index in [4.69, 9.17) is 9.72 Å². The molecule has 2 aliphatic heterocycles. The Morgan fingerprint density at radius 3 is 2.83 bits per heavy atom. The average Bonchev–Trinajstić information content (AvgIpc) is 3.33. The Kier molecular flexibility index (Phi) is 5.19. The molecule has 1 atom stereocenters. The fraction of sp³-hybridized carbons (Fsp3) is 0.429. The molecule has 5 heterocycles. The van der Waals surface area contributed by atoms with Crippen LogP contribution in [-0.4, -0.2) is 65.4 Å². The van der Waals surface area contributed by atoms with E-state index >= 15 is 0 Å². The number of fused-ring (bicyclic) bond motifs is 1. The van der Waals surface area contributed by atoms with E-state index in [9.17, 15) is 0 Å². The Balaban J connectivity index is 1.42. The summed E-state index contributed by atoms with van der Waals surface area (Å²) in [5.41, 5.74) is 3.38. The van der Waals surface area contributed by atoms with Crippen molar-refractivity contribution in [2.75, 3.05) is 49.5 Å². The van der Waals surface area contributed by atoms with Crippen molar-refractivity contribution in [1.29, 1.82) is 0 Å². The first-order chi connectivity index (χ1) is 14.4. The smallest absolute Gasteiger partial charge is 0.154 e. The molecule has 0 amide bonds. The summed E-state index contributed by atoms with van der Waals surface area (Å²) in [6.45, 7) is 5.30. The predicted octanol–water partition coefficient (Wildman–Crippen LogP) is 2.09. The van der Waals surface area contributed by atoms with E-state index in [1.54, 1.807) is 12.4 Å². The van der Waals surface area contributed by atoms with Gasteiger partial charge >= 0.3 is 0 Å². The lowest BCUT2D eigenvalue weighted by atomic mass is 10.1. The summed E-state index contributed by atoms with van der Waals surface area (Å²) in [4.78, 5) is 20.8. The molecule has 0 bridgehead atoms. The van der Waals surface area contributed by atoms with Crippen LogP contribution in [0, 0.1) is 0 Å². The van der Waals surface area contributed by atoms with Gasteiger partial charge in [0.15, 0.2) is 5.82 Å². The van der Waals surface area contributed by atoms with E-state index in [-0.39, 0.29) is 6.10 Å². The Morgan fingerprint density at radius 2 is 2.03 bits per heavy atom. The van der Waals surface area contributed by atoms with Gasteiger partial charge in [0.25, 0.3) is 0 Å². The van der Waals surface area contributed by atoms with Crippen LogP contribution >= 0.6 is 0 Å². The minimum Gasteiger partial charge on any atom is -0.374 e. The number of pyridine rings is 2. The molecule has 2 aliphatic rings. The van der Waals surface area contributed by atoms with Gasteiger partial charge in [-0.2, -0.15) is 0 Å². The second-order valence-electron chi connectivity index (χ2n) is 7.46. The van der Waals surface area contributed by atoms with Crippen molar-refractivity contribution in [3.8, 4) is 11.3 Å². The molecule has 150 valence electrons. The second kappa shape index (κ2) is 8.26. The first kappa shape index (κ1) is 18.2. The molecular weight excluding hydrogens is 366 g/mol. The fourth-order valence-electron chi connectivity index (χ4n) is 3.88. The zero-order chi connectivity index (χ0) is 19.5. The quantitative estimate of drug-likeness (QED) is 0.684. The first-order valence-electron chi connectivity index (χ1n) is 10.3. The van der Waals surface area contributed by atoms with Gasteiger partial charge in [-0.1, -0.05) is 0 Å². The second-order valence-corrected chi connectivity index (χ2v) is 7.46. The molecule has 2 saturated heterocycles. The number of ether oxygens (including phenoxy) is 1. The molecule has 0 saturated carbocycles. The minimum atomic E-state index is 0.113. The molecule has 0 aliphatic carbocycles. The van der Waals surface area contributed by atoms with Crippen LogP contribution < -0.4 is 15.5 Å². The van der Waals surface area contributed by atoms with E-state index in [2.05, 4.69) is 42.6 Å². The molecule has 2 fully saturated rings. The number of rotatable bonds is 5. The largest absolute Gasteiger partial charge is 0.374 e. The summed E-state index contributed by atoms with van der Waals surface area (Å²) in [6.07, 6.45) is 7.89. The number of nitrogens with one attached hydrogen (secondary N) is 2. The molecular formula is C21H25N7O. The van der Waals surface area contributed by atoms with Crippen molar-refractivity contribution in [3.63, 3.8) is 0 Å². The third-order valence-electron chi connectivity index (χ3n) is 5.43. The third-order valence-corrected chi connectivity index (χ3v) is 5.43. The number of nitrogens with zero attached hydrogens (tertiary/aromatic N) is 5. The van der Waals surface area contributed by atoms with Gasteiger partial charge in [-0.25, -0.2) is 15.0 Å². The number of hydrogen-bond donors (Lipinski definition) is 2. The van der Waals surface area contributed by atoms with Crippen LogP contribution in [0.5, 0.6) is 0 Å². The molecule has 0 spiro atoms. The predicted molar refractivity (Wildman–Crippen MR) is 113 cm³/mol. The van der Waals surface area contributed by atoms with Crippen LogP contribution in [0.1, 0.15) is 12.8 Å². The summed E-state index contributed by atoms with van der Waals surface area (Å²) in [5.74, 6) is 1.76. The third kappa shape index (κ3) is 3.99. The first-order valence-corrected chi connectivity index (χ1v) is 10.3. The molecule has 1 unspecified atom stereocenters. The van der Waals surface area contributed by atoms with Crippen molar-refractivity contribution in [3.05, 3.63) is 36.8 Å². The standard InChI is InChI=1S/C21H25N7O/c1-2-9-28(8-1)19-4-3-15(12-25-19)17-11-18-20(24-6-5-23-18)21(27-17)26-14-16-13-22-7-10-29-16/h3-6,11-12,16,22H,1-2,7-10,13-14H2,(H,26,27). The van der Waals surface area contributed by atoms with E-state index in [1.165, 1.54) is 12.8 Å². The van der Waals surface area contributed by atoms with E-state index in [0.29, 0.717) is 6.54 Å². The summed E-state index contributed by atoms with van der Waals surface area (Å²) in [7, 11) is 0. The van der Waals surface area contributed by atoms with Gasteiger partial charge in [-0.15, -0.1) is 0 Å². The van der Waals surface area contributed by atoms with Gasteiger partial charge in [0.2, 0.25) is 0 Å². The normalized spacial score (nSPS) is 19.6. The maximum atomic E-state index is 5.79. The molecule has 8 nitrogen and oxygen atoms in total. The summed E-state index contributed by atoms with van der Waals surface area (Å²) in [5, 5.41) is 6.76. The highest BCUT2D eigenvalue weighted by Gasteiger charge is 2.17. The van der Waals surface area contributed by atoms with Crippen LogP contribution in [0.2, 0.25) is 0 Å². The van der Waals surface area contributed by atoms with Gasteiger partial charge in [0.1, 0.15) is 11.3 Å². The topological polar surface area (TPSA) is 88.1 Å². The van der Waals surface area contributed by atoms with Gasteiger partial charge in [-0.3, -0.25) is 4.98 Å². The van der Waals surface area contributed by atoms with Gasteiger partial charge < -0.3 is 20.3 Å². The maximum absolute atomic E-state index is 5.79. The number of morpholine rings is 1. The van der Waals surface area contributed by atoms with Crippen molar-refractivity contribution in [1.82, 2.24) is 25.3 Å². The van der Waals surface area contributed by atoms with Gasteiger partial charge in [-0.05, 0) is 31.0 Å². The van der Waals surface area contributed by atoms with E-state index in [0.717, 1.165) is 66.7 Å². The Bertz CT molecular complexity index is 966. The van der Waals surface area contributed by atoms with Crippen LogP contribution in [0.4, 0.5) is 11.6 Å². The maximum Gasteiger partial charge on any atom is 0.154 e. The molecule has 0 radical (unpaired) electrons. The number of hydrogen-bond acceptors (Lipinski definition) is 8. The lowest BCUT2D eigenvalue weighted by Gasteiger charge is -2.24. The monoisotopic (exact) mass is 391 g/mol. The summed E-state index contributed by atoms with van der Waals surface area (Å²) >= 11 is 0. The van der Waals surface area contributed by atoms with Crippen LogP contribution in [0.25, 0.3) is 22.3 Å². The van der Waals surface area contributed by atoms with Crippen molar-refractivity contribution < 1.29 is 4.74 Å². The van der Waals surface area contributed by atoms with Crippen LogP contribution in [-0.2, 0) is 4.74 Å². The molecule has 8 heteroatoms.